The molecule has 1 aromatic rings. The van der Waals surface area contributed by atoms with E-state index in [4.69, 9.17) is 4.74 Å². The van der Waals surface area contributed by atoms with E-state index >= 15 is 0 Å². The van der Waals surface area contributed by atoms with Crippen LogP contribution in [-0.4, -0.2) is 50.2 Å². The fourth-order valence-corrected chi connectivity index (χ4v) is 1.35. The van der Waals surface area contributed by atoms with Crippen molar-refractivity contribution in [2.75, 3.05) is 7.11 Å². The molecule has 0 aliphatic carbocycles. The van der Waals surface area contributed by atoms with Crippen LogP contribution in [0.25, 0.3) is 0 Å². The Morgan fingerprint density at radius 2 is 1.00 bits per heavy atom. The van der Waals surface area contributed by atoms with E-state index in [0.717, 1.165) is 31.5 Å². The second-order valence-electron chi connectivity index (χ2n) is 4.50. The molecule has 0 bridgehead atoms. The van der Waals surface area contributed by atoms with Gasteiger partial charge in [0.05, 0.1) is 0 Å². The molecule has 0 saturated carbocycles. The van der Waals surface area contributed by atoms with Crippen molar-refractivity contribution < 1.29 is 19.1 Å². The fraction of sp³-hybridized carbons (Fsp3) is 0.438. The zero-order valence-corrected chi connectivity index (χ0v) is 18.5. The molecule has 0 aromatic heterocycles. The van der Waals surface area contributed by atoms with Crippen molar-refractivity contribution in [2.24, 2.45) is 0 Å². The zero-order chi connectivity index (χ0) is 17.4. The van der Waals surface area contributed by atoms with Gasteiger partial charge in [0.15, 0.2) is 0 Å². The fourth-order valence-electron chi connectivity index (χ4n) is 0.604. The third kappa shape index (κ3) is 45.4. The molecule has 5 heteroatoms. The molecule has 118 valence electrons. The predicted molar refractivity (Wildman–Crippen MR) is 88.8 cm³/mol. The number of hydrogen-bond acceptors (Lipinski definition) is 4. The van der Waals surface area contributed by atoms with Crippen LogP contribution in [0.15, 0.2) is 24.3 Å². The van der Waals surface area contributed by atoms with Crippen molar-refractivity contribution in [3.63, 3.8) is 0 Å². The summed E-state index contributed by atoms with van der Waals surface area (Å²) in [5.41, 5.74) is 0. The van der Waals surface area contributed by atoms with Crippen LogP contribution in [0.2, 0.25) is 0 Å². The first-order chi connectivity index (χ1) is 9.52. The number of ketones is 3. The molecule has 2 radical (unpaired) electrons. The van der Waals surface area contributed by atoms with Crippen LogP contribution in [0.4, 0.5) is 0 Å². The van der Waals surface area contributed by atoms with Gasteiger partial charge < -0.3 is 14.4 Å². The summed E-state index contributed by atoms with van der Waals surface area (Å²) in [6.45, 7) is 9.17. The number of rotatable bonds is 1. The van der Waals surface area contributed by atoms with Crippen molar-refractivity contribution >= 4 is 46.2 Å². The summed E-state index contributed by atoms with van der Waals surface area (Å²) in [5, 5.41) is 0. The SMILES string of the molecule is CC(C)=O.CC(C)=O.CC(C)=O.COc1cc[c]([PbH])cc1. The second kappa shape index (κ2) is 17.0. The molecular weight excluding hydrogens is 463 g/mol. The van der Waals surface area contributed by atoms with Gasteiger partial charge >= 0.3 is 70.8 Å². The minimum atomic E-state index is 0.167. The minimum absolute atomic E-state index is 0.167. The Balaban J connectivity index is -0.000000230. The number of hydrogen-bond donors (Lipinski definition) is 0. The maximum atomic E-state index is 9.44. The quantitative estimate of drug-likeness (QED) is 0.567. The molecule has 21 heavy (non-hydrogen) atoms. The van der Waals surface area contributed by atoms with E-state index in [2.05, 4.69) is 12.1 Å². The standard InChI is InChI=1S/C7H7O.3C3H6O.Pb.H/c1-8-7-5-3-2-4-6-7;3*1-3(2)4;;/h3-6H,1H3;3*1-2H3;;. The van der Waals surface area contributed by atoms with E-state index in [1.165, 1.54) is 44.7 Å². The summed E-state index contributed by atoms with van der Waals surface area (Å²) < 4.78 is 6.41. The average Bonchev–Trinajstić information content (AvgIpc) is 2.27. The Bertz CT molecular complexity index is 370. The topological polar surface area (TPSA) is 60.4 Å². The van der Waals surface area contributed by atoms with Gasteiger partial charge in [0.25, 0.3) is 0 Å². The van der Waals surface area contributed by atoms with Gasteiger partial charge in [-0.1, -0.05) is 0 Å². The van der Waals surface area contributed by atoms with Crippen LogP contribution in [0.3, 0.4) is 0 Å². The van der Waals surface area contributed by atoms with Crippen LogP contribution < -0.4 is 7.86 Å². The van der Waals surface area contributed by atoms with Crippen LogP contribution in [0, 0.1) is 0 Å². The Morgan fingerprint density at radius 3 is 1.19 bits per heavy atom. The summed E-state index contributed by atoms with van der Waals surface area (Å²) in [4.78, 5) is 28.3. The molecule has 0 heterocycles. The Labute approximate surface area is 144 Å². The molecule has 0 amide bonds. The van der Waals surface area contributed by atoms with Crippen LogP contribution in [0.5, 0.6) is 5.75 Å². The first-order valence-corrected chi connectivity index (χ1v) is 8.58. The molecule has 0 atom stereocenters. The molecule has 1 aromatic carbocycles. The van der Waals surface area contributed by atoms with E-state index in [-0.39, 0.29) is 17.3 Å². The van der Waals surface area contributed by atoms with Gasteiger partial charge in [-0.05, 0) is 41.5 Å². The normalized spacial score (nSPS) is 7.62. The Hall–Kier alpha value is -1.05. The van der Waals surface area contributed by atoms with Crippen molar-refractivity contribution in [1.82, 2.24) is 0 Å². The van der Waals surface area contributed by atoms with E-state index in [1.54, 1.807) is 7.11 Å². The molecule has 0 aliphatic rings. The van der Waals surface area contributed by atoms with Gasteiger partial charge in [0, 0.05) is 0 Å². The first kappa shape index (κ1) is 24.9. The average molecular weight is 490 g/mol. The zero-order valence-electron chi connectivity index (χ0n) is 14.0. The van der Waals surface area contributed by atoms with Crippen molar-refractivity contribution in [2.45, 2.75) is 41.5 Å². The number of benzene rings is 1. The Morgan fingerprint density at radius 1 is 0.762 bits per heavy atom. The molecule has 0 aliphatic heterocycles. The van der Waals surface area contributed by atoms with Gasteiger partial charge in [0.2, 0.25) is 0 Å². The molecule has 0 spiro atoms. The summed E-state index contributed by atoms with van der Waals surface area (Å²) >= 11 is 0.931. The molecule has 0 saturated heterocycles. The third-order valence-corrected chi connectivity index (χ3v) is 2.61. The molecule has 4 nitrogen and oxygen atoms in total. The van der Waals surface area contributed by atoms with Gasteiger partial charge in [-0.3, -0.25) is 0 Å². The second-order valence-corrected chi connectivity index (χ2v) is 7.09. The van der Waals surface area contributed by atoms with E-state index in [9.17, 15) is 14.4 Å². The molecule has 1 rings (SSSR count). The number of carbonyl (C=O) groups is 3. The van der Waals surface area contributed by atoms with Gasteiger partial charge in [0.1, 0.15) is 17.3 Å². The van der Waals surface area contributed by atoms with Gasteiger partial charge in [-0.2, -0.15) is 0 Å². The first-order valence-electron chi connectivity index (χ1n) is 6.33. The molecule has 0 fully saturated rings. The number of Topliss-reactive ketones (excluding diaryl/α,β-unsaturated/α-hetero) is 3. The van der Waals surface area contributed by atoms with Crippen molar-refractivity contribution in [3.05, 3.63) is 24.3 Å². The van der Waals surface area contributed by atoms with Gasteiger partial charge in [-0.25, -0.2) is 0 Å². The van der Waals surface area contributed by atoms with E-state index in [1.807, 2.05) is 12.1 Å². The monoisotopic (exact) mass is 490 g/mol. The van der Waals surface area contributed by atoms with Crippen molar-refractivity contribution in [3.8, 4) is 5.75 Å². The third-order valence-electron chi connectivity index (χ3n) is 1.12. The van der Waals surface area contributed by atoms with E-state index in [0.29, 0.717) is 0 Å². The number of methoxy groups -OCH3 is 1. The summed E-state index contributed by atoms with van der Waals surface area (Å²) in [5.74, 6) is 1.44. The summed E-state index contributed by atoms with van der Waals surface area (Å²) in [6.07, 6.45) is 0. The molecule has 0 N–H and O–H groups in total. The van der Waals surface area contributed by atoms with Crippen LogP contribution in [-0.2, 0) is 14.4 Å². The molecular formula is C16H26O4Pb. The number of carbonyl (C=O) groups excluding carboxylic acids is 3. The Kier molecular flexibility index (Phi) is 20.2. The predicted octanol–water partition coefficient (Wildman–Crippen LogP) is 2.01. The van der Waals surface area contributed by atoms with Crippen LogP contribution >= 0.6 is 0 Å². The van der Waals surface area contributed by atoms with E-state index < -0.39 is 0 Å². The van der Waals surface area contributed by atoms with Gasteiger partial charge in [-0.15, -0.1) is 0 Å². The number of ether oxygens (including phenoxy) is 1. The summed E-state index contributed by atoms with van der Waals surface area (Å²) in [6, 6.07) is 8.19. The molecule has 0 unspecified atom stereocenters. The summed E-state index contributed by atoms with van der Waals surface area (Å²) in [7, 11) is 1.68. The maximum absolute atomic E-state index is 9.44. The van der Waals surface area contributed by atoms with Crippen molar-refractivity contribution in [1.29, 1.82) is 0 Å². The van der Waals surface area contributed by atoms with Crippen LogP contribution in [0.1, 0.15) is 41.5 Å².